The molecule has 16 aromatic rings. The quantitative estimate of drug-likeness (QED) is 0.0965. The molecule has 2 unspecified atom stereocenters. The lowest BCUT2D eigenvalue weighted by Crippen LogP contribution is -2.48. The van der Waals surface area contributed by atoms with Crippen molar-refractivity contribution in [1.82, 2.24) is 133 Å². The van der Waals surface area contributed by atoms with Crippen LogP contribution in [0.1, 0.15) is 175 Å². The molecule has 4 fully saturated rings. The molecule has 4 aromatic carbocycles. The number of alkyl halides is 2. The molecule has 7 amide bonds. The van der Waals surface area contributed by atoms with Gasteiger partial charge >= 0.3 is 18.1 Å². The van der Waals surface area contributed by atoms with Crippen molar-refractivity contribution in [3.05, 3.63) is 217 Å². The number of hydrogen-bond acceptors (Lipinski definition) is 17. The first-order valence-electron chi connectivity index (χ1n) is 46.6. The van der Waals surface area contributed by atoms with Crippen LogP contribution in [0.15, 0.2) is 165 Å². The fourth-order valence-electron chi connectivity index (χ4n) is 20.1. The first-order valence-corrected chi connectivity index (χ1v) is 46.6. The molecule has 706 valence electrons. The van der Waals surface area contributed by atoms with Gasteiger partial charge in [0.2, 0.25) is 5.91 Å². The summed E-state index contributed by atoms with van der Waals surface area (Å²) in [5.41, 5.74) is 18.8. The molecule has 2 atom stereocenters. The van der Waals surface area contributed by atoms with Gasteiger partial charge in [0.05, 0.1) is 131 Å². The summed E-state index contributed by atoms with van der Waals surface area (Å²) in [6.07, 6.45) is 26.7. The van der Waals surface area contributed by atoms with Gasteiger partial charge in [-0.05, 0) is 112 Å². The number of pyridine rings is 4. The van der Waals surface area contributed by atoms with Crippen LogP contribution < -0.4 is 16.0 Å². The summed E-state index contributed by atoms with van der Waals surface area (Å²) < 4.78 is 50.4. The third-order valence-corrected chi connectivity index (χ3v) is 27.5. The highest BCUT2D eigenvalue weighted by Crippen LogP contribution is 2.49. The molecule has 0 radical (unpaired) electrons. The first-order chi connectivity index (χ1) is 65.6. The van der Waals surface area contributed by atoms with Crippen LogP contribution in [0.4, 0.5) is 23.2 Å². The Morgan fingerprint density at radius 2 is 0.796 bits per heavy atom. The minimum atomic E-state index is -2.71. The van der Waals surface area contributed by atoms with Gasteiger partial charge in [0.15, 0.2) is 0 Å². The normalized spacial score (nSPS) is 16.8. The van der Waals surface area contributed by atoms with E-state index in [2.05, 4.69) is 146 Å². The maximum atomic E-state index is 14.3. The fourth-order valence-corrected chi connectivity index (χ4v) is 20.1. The van der Waals surface area contributed by atoms with E-state index in [1.54, 1.807) is 66.2 Å². The average Bonchev–Trinajstić information content (AvgIpc) is 1.60. The number of nitrogens with zero attached hydrogens (tertiary/aromatic N) is 24. The minimum Gasteiger partial charge on any atom is -0.381 e. The Balaban J connectivity index is 0.000000116. The zero-order chi connectivity index (χ0) is 92.9. The van der Waals surface area contributed by atoms with Crippen molar-refractivity contribution >= 4 is 67.2 Å². The van der Waals surface area contributed by atoms with Gasteiger partial charge < -0.3 is 58.6 Å². The van der Waals surface area contributed by atoms with E-state index in [1.807, 2.05) is 115 Å². The van der Waals surface area contributed by atoms with Crippen LogP contribution in [0.2, 0.25) is 0 Å². The van der Waals surface area contributed by atoms with Crippen LogP contribution in [0, 0.1) is 0 Å². The number of hydrogen-bond donors (Lipinski definition) is 3. The molecule has 3 N–H and O–H groups in total. The van der Waals surface area contributed by atoms with Gasteiger partial charge in [0, 0.05) is 253 Å². The summed E-state index contributed by atoms with van der Waals surface area (Å²) >= 11 is 0. The van der Waals surface area contributed by atoms with Crippen molar-refractivity contribution in [2.45, 2.75) is 175 Å². The minimum absolute atomic E-state index is 0. The lowest BCUT2D eigenvalue weighted by Gasteiger charge is -2.35. The number of nitrogens with one attached hydrogen (secondary N) is 3. The van der Waals surface area contributed by atoms with Crippen molar-refractivity contribution in [3.8, 4) is 90.1 Å². The maximum Gasteiger partial charge on any atom is 0.317 e. The number of carbonyl (C=O) groups excluding carboxylic acids is 4. The van der Waals surface area contributed by atoms with Crippen molar-refractivity contribution < 1.29 is 32.7 Å². The van der Waals surface area contributed by atoms with Crippen LogP contribution in [0.25, 0.3) is 133 Å². The van der Waals surface area contributed by atoms with Gasteiger partial charge in [-0.1, -0.05) is 81.6 Å². The number of fused-ring (bicyclic) bond motifs is 8. The topological polar surface area (TPSA) is 321 Å². The van der Waals surface area contributed by atoms with E-state index in [0.29, 0.717) is 99.8 Å². The lowest BCUT2D eigenvalue weighted by atomic mass is 9.99. The van der Waals surface area contributed by atoms with Crippen LogP contribution in [0.3, 0.4) is 0 Å². The predicted octanol–water partition coefficient (Wildman–Crippen LogP) is 17.5. The number of urea groups is 3. The zero-order valence-corrected chi connectivity index (χ0v) is 77.3. The van der Waals surface area contributed by atoms with Crippen molar-refractivity contribution in [1.29, 1.82) is 0 Å². The number of benzene rings is 4. The summed E-state index contributed by atoms with van der Waals surface area (Å²) in [5, 5.41) is 32.4. The maximum absolute atomic E-state index is 14.3. The second kappa shape index (κ2) is 37.5. The molecule has 0 bridgehead atoms. The Morgan fingerprint density at radius 3 is 1.24 bits per heavy atom. The molecular weight excluding hydrogens is 1730 g/mol. The zero-order valence-electron chi connectivity index (χ0n) is 77.3. The van der Waals surface area contributed by atoms with Gasteiger partial charge in [-0.3, -0.25) is 38.5 Å². The Morgan fingerprint density at radius 1 is 0.401 bits per heavy atom. The number of imidazole rings is 4. The molecule has 8 aliphatic rings. The second-order valence-corrected chi connectivity index (χ2v) is 36.8. The largest absolute Gasteiger partial charge is 0.381 e. The smallest absolute Gasteiger partial charge is 0.317 e. The summed E-state index contributed by atoms with van der Waals surface area (Å²) in [4.78, 5) is 96.6. The summed E-state index contributed by atoms with van der Waals surface area (Å²) in [6.45, 7) is 13.6. The van der Waals surface area contributed by atoms with Crippen LogP contribution in [-0.4, -0.2) is 201 Å². The molecule has 34 heteroatoms. The number of ether oxygens (including phenoxy) is 1. The summed E-state index contributed by atoms with van der Waals surface area (Å²) in [7, 11) is 12.5. The molecule has 5 aliphatic heterocycles. The molecule has 3 saturated carbocycles. The first kappa shape index (κ1) is 91.4. The van der Waals surface area contributed by atoms with Crippen LogP contribution >= 0.6 is 0 Å². The Kier molecular flexibility index (Phi) is 25.0. The number of aromatic nitrogens is 20. The lowest BCUT2D eigenvalue weighted by molar-refractivity contribution is -0.130. The fraction of sp³-hybridized carbons (Fsp3) is 0.379. The SMILES string of the molecule is C.C.CC(=O)N1CCn2c(C3CCOCC3)nc(-c3cccc4nc(-c5cnn(C)c5)c(C(F)F)cc34)c2C1.CNC(=O)N1CCn2c(C3CC3)nc(-c3cccc4cc(-c5cnn(C)c5)ncc34)c2C1.CNC(=O)N1Cc2c(-c3cccc4cc(-c5cnn(C)c5)ncc34)nc(C3CC3)n2C(C)C1.CNC(=O)N1Cc2c(-c3cccc4cc(-c5cnn(C)c5)ncc34)nc(C3CC3)n2CC1C. The number of rotatable bonds is 13. The van der Waals surface area contributed by atoms with Gasteiger partial charge in [0.1, 0.15) is 23.3 Å². The second-order valence-electron chi connectivity index (χ2n) is 36.8. The average molecular weight is 1850 g/mol. The van der Waals surface area contributed by atoms with Crippen molar-refractivity contribution in [2.24, 2.45) is 28.2 Å². The van der Waals surface area contributed by atoms with E-state index < -0.39 is 6.43 Å². The summed E-state index contributed by atoms with van der Waals surface area (Å²) in [6, 6.07) is 32.6. The predicted molar refractivity (Wildman–Crippen MR) is 523 cm³/mol. The van der Waals surface area contributed by atoms with Crippen molar-refractivity contribution in [2.75, 3.05) is 54.0 Å². The van der Waals surface area contributed by atoms with Gasteiger partial charge in [-0.25, -0.2) is 48.1 Å². The van der Waals surface area contributed by atoms with Gasteiger partial charge in [-0.2, -0.15) is 20.4 Å². The standard InChI is InChI=1S/C27H28F2N6O2.2C25H27N7O.C24H25N7O.2CH4/c1-16(36)34-8-9-35-23(15-34)25(32-27(35)17-6-10-37-11-7-17)19-4-3-5-22-20(19)12-21(26(28)29)24(31-22)18-13-30-33(2)14-18;1-15-12-32-22(14-31(15)25(33)26-2)23(29-24(32)16-7-8-16)19-6-4-5-17-9-21(27-11-20(17)19)18-10-28-30(3)13-18;1-15-12-31(25(33)26-2)14-22-23(29-24(32(15)22)16-7-8-16)19-6-4-5-17-9-21(27-11-20(17)19)18-10-28-30(3)13-18;1-25-24(32)30-8-9-31-21(14-30)22(28-23(31)15-6-7-15)18-5-3-4-16-10-20(26-12-19(16)18)17-11-27-29(2)13-17;;/h3-5,12-14,17,26H,6-11,15H2,1-2H3;2*4-6,9-11,13,15-16H,7-8,12,14H2,1-3H3,(H,26,33);3-5,10-13,15H,6-9,14H2,1-2H3,(H,25,32);2*1H4. The third kappa shape index (κ3) is 17.6. The highest BCUT2D eigenvalue weighted by molar-refractivity contribution is 6.01. The molecule has 12 aromatic heterocycles. The monoisotopic (exact) mass is 1850 g/mol. The van der Waals surface area contributed by atoms with Gasteiger partial charge in [0.25, 0.3) is 6.43 Å². The van der Waals surface area contributed by atoms with E-state index in [9.17, 15) is 28.0 Å². The Hall–Kier alpha value is -14.7. The molecule has 137 heavy (non-hydrogen) atoms. The highest BCUT2D eigenvalue weighted by atomic mass is 19.3. The van der Waals surface area contributed by atoms with Crippen LogP contribution in [0.5, 0.6) is 0 Å². The molecule has 1 saturated heterocycles. The van der Waals surface area contributed by atoms with Crippen LogP contribution in [-0.2, 0) is 83.5 Å². The third-order valence-electron chi connectivity index (χ3n) is 27.5. The molecule has 24 rings (SSSR count). The van der Waals surface area contributed by atoms with Gasteiger partial charge in [-0.15, -0.1) is 0 Å². The van der Waals surface area contributed by atoms with E-state index in [0.717, 1.165) is 166 Å². The molecule has 3 aliphatic carbocycles. The van der Waals surface area contributed by atoms with Crippen molar-refractivity contribution in [3.63, 3.8) is 0 Å². The molecule has 32 nitrogen and oxygen atoms in total. The highest BCUT2D eigenvalue weighted by Gasteiger charge is 2.42. The number of halogens is 2. The molecule has 17 heterocycles. The summed E-state index contributed by atoms with van der Waals surface area (Å²) in [5.74, 6) is 6.35. The molecular formula is C103H115F2N27O5. The molecule has 0 spiro atoms. The number of carbonyl (C=O) groups is 4. The number of aryl methyl sites for hydroxylation is 4. The number of amides is 7. The van der Waals surface area contributed by atoms with E-state index >= 15 is 0 Å². The van der Waals surface area contributed by atoms with E-state index in [1.165, 1.54) is 62.1 Å². The van der Waals surface area contributed by atoms with E-state index in [-0.39, 0.29) is 68.1 Å². The Bertz CT molecular complexity index is 7310. The van der Waals surface area contributed by atoms with E-state index in [4.69, 9.17) is 39.6 Å². The Labute approximate surface area is 792 Å².